The Morgan fingerprint density at radius 3 is 2.39 bits per heavy atom. The molecule has 1 heterocycles. The number of amides is 1. The van der Waals surface area contributed by atoms with Crippen LogP contribution in [0, 0.1) is 0 Å². The highest BCUT2D eigenvalue weighted by molar-refractivity contribution is 7.89. The fourth-order valence-electron chi connectivity index (χ4n) is 3.87. The lowest BCUT2D eigenvalue weighted by Gasteiger charge is -2.40. The van der Waals surface area contributed by atoms with Crippen molar-refractivity contribution in [2.75, 3.05) is 26.7 Å². The van der Waals surface area contributed by atoms with Crippen LogP contribution in [0.4, 0.5) is 0 Å². The number of methoxy groups -OCH3 is 1. The summed E-state index contributed by atoms with van der Waals surface area (Å²) in [6.45, 7) is 0.763. The van der Waals surface area contributed by atoms with Crippen molar-refractivity contribution in [3.63, 3.8) is 0 Å². The molecule has 0 radical (unpaired) electrons. The first kappa shape index (κ1) is 23.2. The molecule has 0 atom stereocenters. The van der Waals surface area contributed by atoms with E-state index in [0.717, 1.165) is 5.56 Å². The van der Waals surface area contributed by atoms with Gasteiger partial charge in [-0.3, -0.25) is 9.59 Å². The molecular weight excluding hydrogens is 440 g/mol. The van der Waals surface area contributed by atoms with Crippen LogP contribution in [0.15, 0.2) is 59.5 Å². The summed E-state index contributed by atoms with van der Waals surface area (Å²) in [7, 11) is -2.37. The van der Waals surface area contributed by atoms with Crippen LogP contribution in [-0.2, 0) is 29.8 Å². The zero-order valence-electron chi connectivity index (χ0n) is 17.2. The number of carbonyl (C=O) groups excluding carboxylic acids is 2. The monoisotopic (exact) mass is 464 g/mol. The van der Waals surface area contributed by atoms with Gasteiger partial charge in [-0.25, -0.2) is 13.1 Å². The molecule has 7 nitrogen and oxygen atoms in total. The Morgan fingerprint density at radius 2 is 1.77 bits per heavy atom. The molecule has 1 aliphatic rings. The van der Waals surface area contributed by atoms with E-state index in [1.54, 1.807) is 17.0 Å². The van der Waals surface area contributed by atoms with Gasteiger partial charge in [0.1, 0.15) is 0 Å². The van der Waals surface area contributed by atoms with E-state index in [1.165, 1.54) is 19.2 Å². The van der Waals surface area contributed by atoms with Crippen molar-refractivity contribution in [2.24, 2.45) is 0 Å². The number of nitrogens with zero attached hydrogens (tertiary/aromatic N) is 1. The lowest BCUT2D eigenvalue weighted by atomic mass is 9.72. The van der Waals surface area contributed by atoms with Crippen molar-refractivity contribution in [1.29, 1.82) is 0 Å². The van der Waals surface area contributed by atoms with Crippen LogP contribution in [0.2, 0.25) is 5.02 Å². The summed E-state index contributed by atoms with van der Waals surface area (Å²) >= 11 is 5.85. The van der Waals surface area contributed by atoms with E-state index in [2.05, 4.69) is 4.72 Å². The Morgan fingerprint density at radius 1 is 1.10 bits per heavy atom. The summed E-state index contributed by atoms with van der Waals surface area (Å²) in [6.07, 6.45) is 0.920. The van der Waals surface area contributed by atoms with E-state index in [0.29, 0.717) is 31.0 Å². The van der Waals surface area contributed by atoms with Gasteiger partial charge < -0.3 is 9.64 Å². The fourth-order valence-corrected chi connectivity index (χ4v) is 5.20. The fraction of sp³-hybridized carbons (Fsp3) is 0.364. The van der Waals surface area contributed by atoms with Crippen LogP contribution in [0.1, 0.15) is 24.8 Å². The topological polar surface area (TPSA) is 92.8 Å². The maximum absolute atomic E-state index is 12.6. The zero-order chi connectivity index (χ0) is 22.5. The van der Waals surface area contributed by atoms with E-state index in [-0.39, 0.29) is 29.7 Å². The second-order valence-corrected chi connectivity index (χ2v) is 9.63. The number of hydrogen-bond donors (Lipinski definition) is 1. The van der Waals surface area contributed by atoms with Crippen LogP contribution in [0.5, 0.6) is 0 Å². The SMILES string of the molecule is COC(=O)C1(c2ccccc2)CCN(C(=O)CCNS(=O)(=O)c2cccc(Cl)c2)CC1. The molecule has 2 aromatic rings. The highest BCUT2D eigenvalue weighted by Gasteiger charge is 2.44. The summed E-state index contributed by atoms with van der Waals surface area (Å²) in [6, 6.07) is 15.4. The van der Waals surface area contributed by atoms with Crippen LogP contribution in [0.3, 0.4) is 0 Å². The molecule has 0 aliphatic carbocycles. The maximum atomic E-state index is 12.6. The van der Waals surface area contributed by atoms with Crippen molar-refractivity contribution in [3.8, 4) is 0 Å². The average molecular weight is 465 g/mol. The first-order valence-corrected chi connectivity index (χ1v) is 11.8. The molecule has 2 aromatic carbocycles. The minimum absolute atomic E-state index is 0.0228. The predicted octanol–water partition coefficient (Wildman–Crippen LogP) is 2.74. The summed E-state index contributed by atoms with van der Waals surface area (Å²) in [5.41, 5.74) is 0.101. The molecule has 3 rings (SSSR count). The van der Waals surface area contributed by atoms with E-state index in [4.69, 9.17) is 16.3 Å². The smallest absolute Gasteiger partial charge is 0.316 e. The first-order chi connectivity index (χ1) is 14.8. The first-order valence-electron chi connectivity index (χ1n) is 9.95. The van der Waals surface area contributed by atoms with Crippen molar-refractivity contribution in [3.05, 3.63) is 65.2 Å². The van der Waals surface area contributed by atoms with E-state index in [1.807, 2.05) is 30.3 Å². The number of sulfonamides is 1. The van der Waals surface area contributed by atoms with E-state index >= 15 is 0 Å². The Balaban J connectivity index is 1.58. The quantitative estimate of drug-likeness (QED) is 0.636. The Hall–Kier alpha value is -2.42. The molecule has 9 heteroatoms. The number of likely N-dealkylation sites (tertiary alicyclic amines) is 1. The van der Waals surface area contributed by atoms with Crippen LogP contribution in [-0.4, -0.2) is 51.9 Å². The van der Waals surface area contributed by atoms with Gasteiger partial charge in [-0.05, 0) is 36.6 Å². The largest absolute Gasteiger partial charge is 0.468 e. The predicted molar refractivity (Wildman–Crippen MR) is 117 cm³/mol. The van der Waals surface area contributed by atoms with E-state index < -0.39 is 15.4 Å². The van der Waals surface area contributed by atoms with Gasteiger partial charge in [0.25, 0.3) is 0 Å². The van der Waals surface area contributed by atoms with Crippen LogP contribution < -0.4 is 4.72 Å². The number of ether oxygens (including phenoxy) is 1. The van der Waals surface area contributed by atoms with Gasteiger partial charge in [0.2, 0.25) is 15.9 Å². The van der Waals surface area contributed by atoms with Gasteiger partial charge in [-0.2, -0.15) is 0 Å². The van der Waals surface area contributed by atoms with Gasteiger partial charge in [0.15, 0.2) is 0 Å². The third-order valence-corrected chi connectivity index (χ3v) is 7.30. The number of benzene rings is 2. The van der Waals surface area contributed by atoms with Gasteiger partial charge in [-0.1, -0.05) is 48.0 Å². The third-order valence-electron chi connectivity index (χ3n) is 5.61. The standard InChI is InChI=1S/C22H25ClN2O5S/c1-30-21(27)22(17-6-3-2-4-7-17)11-14-25(15-12-22)20(26)10-13-24-31(28,29)19-9-5-8-18(23)16-19/h2-9,16,24H,10-15H2,1H3. The molecule has 1 saturated heterocycles. The molecule has 0 unspecified atom stereocenters. The lowest BCUT2D eigenvalue weighted by Crippen LogP contribution is -2.49. The number of esters is 1. The van der Waals surface area contributed by atoms with Crippen molar-refractivity contribution in [2.45, 2.75) is 29.6 Å². The number of carbonyl (C=O) groups is 2. The Bertz CT molecular complexity index is 1030. The third kappa shape index (κ3) is 5.26. The second-order valence-electron chi connectivity index (χ2n) is 7.43. The molecule has 1 fully saturated rings. The maximum Gasteiger partial charge on any atom is 0.316 e. The second kappa shape index (κ2) is 9.80. The minimum Gasteiger partial charge on any atom is -0.468 e. The van der Waals surface area contributed by atoms with Gasteiger partial charge in [-0.15, -0.1) is 0 Å². The summed E-state index contributed by atoms with van der Waals surface area (Å²) in [5, 5.41) is 0.319. The molecular formula is C22H25ClN2O5S. The molecule has 0 spiro atoms. The molecule has 0 bridgehead atoms. The Labute approximate surface area is 187 Å². The van der Waals surface area contributed by atoms with Crippen LogP contribution in [0.25, 0.3) is 0 Å². The van der Waals surface area contributed by atoms with E-state index in [9.17, 15) is 18.0 Å². The molecule has 1 aliphatic heterocycles. The zero-order valence-corrected chi connectivity index (χ0v) is 18.8. The molecule has 1 amide bonds. The molecule has 0 saturated carbocycles. The number of hydrogen-bond acceptors (Lipinski definition) is 5. The summed E-state index contributed by atoms with van der Waals surface area (Å²) in [4.78, 5) is 26.9. The molecule has 166 valence electrons. The number of piperidine rings is 1. The van der Waals surface area contributed by atoms with Crippen LogP contribution >= 0.6 is 11.6 Å². The number of rotatable bonds is 7. The van der Waals surface area contributed by atoms with Gasteiger partial charge >= 0.3 is 5.97 Å². The summed E-state index contributed by atoms with van der Waals surface area (Å²) < 4.78 is 32.2. The minimum atomic E-state index is -3.74. The normalized spacial score (nSPS) is 16.0. The summed E-state index contributed by atoms with van der Waals surface area (Å²) in [5.74, 6) is -0.472. The molecule has 1 N–H and O–H groups in total. The molecule has 31 heavy (non-hydrogen) atoms. The number of nitrogens with one attached hydrogen (secondary N) is 1. The Kier molecular flexibility index (Phi) is 7.35. The average Bonchev–Trinajstić information content (AvgIpc) is 2.79. The van der Waals surface area contributed by atoms with Gasteiger partial charge in [0, 0.05) is 31.1 Å². The number of halogens is 1. The highest BCUT2D eigenvalue weighted by Crippen LogP contribution is 2.36. The van der Waals surface area contributed by atoms with Crippen molar-refractivity contribution >= 4 is 33.5 Å². The molecule has 0 aromatic heterocycles. The lowest BCUT2D eigenvalue weighted by molar-refractivity contribution is -0.151. The van der Waals surface area contributed by atoms with Crippen molar-refractivity contribution < 1.29 is 22.7 Å². The van der Waals surface area contributed by atoms with Gasteiger partial charge in [0.05, 0.1) is 17.4 Å². The highest BCUT2D eigenvalue weighted by atomic mass is 35.5. The van der Waals surface area contributed by atoms with Crippen molar-refractivity contribution in [1.82, 2.24) is 9.62 Å².